The summed E-state index contributed by atoms with van der Waals surface area (Å²) in [7, 11) is 1.75. The smallest absolute Gasteiger partial charge is 0.214 e. The molecule has 0 unspecified atom stereocenters. The molecular weight excluding hydrogens is 247 g/mol. The minimum absolute atomic E-state index is 0.206. The van der Waals surface area contributed by atoms with Crippen LogP contribution >= 0.6 is 23.2 Å². The zero-order chi connectivity index (χ0) is 11.7. The maximum atomic E-state index is 12.0. The Labute approximate surface area is 103 Å². The number of rotatable bonds is 2. The van der Waals surface area contributed by atoms with Crippen molar-refractivity contribution in [2.24, 2.45) is 7.05 Å². The lowest BCUT2D eigenvalue weighted by Gasteiger charge is -2.01. The van der Waals surface area contributed by atoms with Crippen LogP contribution < -0.4 is 0 Å². The van der Waals surface area contributed by atoms with Gasteiger partial charge in [0.25, 0.3) is 0 Å². The first-order chi connectivity index (χ1) is 7.58. The van der Waals surface area contributed by atoms with E-state index in [0.29, 0.717) is 21.3 Å². The van der Waals surface area contributed by atoms with Gasteiger partial charge in [-0.1, -0.05) is 23.2 Å². The van der Waals surface area contributed by atoms with E-state index < -0.39 is 0 Å². The molecule has 0 spiro atoms. The predicted molar refractivity (Wildman–Crippen MR) is 63.1 cm³/mol. The highest BCUT2D eigenvalue weighted by Crippen LogP contribution is 2.22. The summed E-state index contributed by atoms with van der Waals surface area (Å²) < 4.78 is 1.57. The van der Waals surface area contributed by atoms with Crippen molar-refractivity contribution in [3.8, 4) is 0 Å². The second-order valence-electron chi connectivity index (χ2n) is 3.33. The Kier molecular flexibility index (Phi) is 2.99. The average molecular weight is 255 g/mol. The van der Waals surface area contributed by atoms with Gasteiger partial charge in [0.1, 0.15) is 5.69 Å². The van der Waals surface area contributed by atoms with Crippen molar-refractivity contribution in [1.82, 2.24) is 9.78 Å². The van der Waals surface area contributed by atoms with Gasteiger partial charge in [0.15, 0.2) is 0 Å². The van der Waals surface area contributed by atoms with Crippen LogP contribution in [0, 0.1) is 0 Å². The molecule has 0 aliphatic carbocycles. The Morgan fingerprint density at radius 1 is 1.31 bits per heavy atom. The Hall–Kier alpha value is -1.32. The van der Waals surface area contributed by atoms with Crippen LogP contribution in [0.4, 0.5) is 0 Å². The standard InChI is InChI=1S/C11H8Cl2N2O/c1-15-5-4-10(14-15)11(16)8-3-2-7(12)6-9(8)13/h2-6H,1H3. The molecule has 16 heavy (non-hydrogen) atoms. The van der Waals surface area contributed by atoms with E-state index in [4.69, 9.17) is 23.2 Å². The highest BCUT2D eigenvalue weighted by atomic mass is 35.5. The Morgan fingerprint density at radius 3 is 2.62 bits per heavy atom. The summed E-state index contributed by atoms with van der Waals surface area (Å²) in [5.74, 6) is -0.206. The molecule has 1 aromatic heterocycles. The van der Waals surface area contributed by atoms with E-state index in [1.165, 1.54) is 0 Å². The molecule has 1 aromatic carbocycles. The molecule has 0 aliphatic rings. The topological polar surface area (TPSA) is 34.9 Å². The molecule has 1 heterocycles. The number of nitrogens with zero attached hydrogens (tertiary/aromatic N) is 2. The summed E-state index contributed by atoms with van der Waals surface area (Å²) >= 11 is 11.7. The highest BCUT2D eigenvalue weighted by molar-refractivity contribution is 6.37. The average Bonchev–Trinajstić information content (AvgIpc) is 2.64. The second-order valence-corrected chi connectivity index (χ2v) is 4.17. The van der Waals surface area contributed by atoms with E-state index in [2.05, 4.69) is 5.10 Å². The third-order valence-corrected chi connectivity index (χ3v) is 2.67. The number of hydrogen-bond donors (Lipinski definition) is 0. The largest absolute Gasteiger partial charge is 0.287 e. The van der Waals surface area contributed by atoms with E-state index >= 15 is 0 Å². The fraction of sp³-hybridized carbons (Fsp3) is 0.0909. The van der Waals surface area contributed by atoms with Crippen molar-refractivity contribution in [3.63, 3.8) is 0 Å². The third kappa shape index (κ3) is 2.10. The summed E-state index contributed by atoms with van der Waals surface area (Å²) in [5, 5.41) is 4.86. The lowest BCUT2D eigenvalue weighted by Crippen LogP contribution is -2.04. The van der Waals surface area contributed by atoms with Gasteiger partial charge in [-0.25, -0.2) is 0 Å². The summed E-state index contributed by atoms with van der Waals surface area (Å²) in [5.41, 5.74) is 0.775. The van der Waals surface area contributed by atoms with Crippen LogP contribution in [0.1, 0.15) is 16.1 Å². The third-order valence-electron chi connectivity index (χ3n) is 2.12. The summed E-state index contributed by atoms with van der Waals surface area (Å²) in [6, 6.07) is 6.41. The molecule has 0 aliphatic heterocycles. The fourth-order valence-corrected chi connectivity index (χ4v) is 1.84. The predicted octanol–water partition coefficient (Wildman–Crippen LogP) is 2.96. The molecule has 3 nitrogen and oxygen atoms in total. The summed E-state index contributed by atoms with van der Waals surface area (Å²) in [6.45, 7) is 0. The van der Waals surface area contributed by atoms with Gasteiger partial charge in [0, 0.05) is 23.8 Å². The number of aromatic nitrogens is 2. The van der Waals surface area contributed by atoms with Crippen molar-refractivity contribution < 1.29 is 4.79 Å². The van der Waals surface area contributed by atoms with Gasteiger partial charge in [-0.05, 0) is 24.3 Å². The SMILES string of the molecule is Cn1ccc(C(=O)c2ccc(Cl)cc2Cl)n1. The zero-order valence-corrected chi connectivity index (χ0v) is 9.96. The Bertz CT molecular complexity index is 549. The molecule has 2 rings (SSSR count). The number of halogens is 2. The lowest BCUT2D eigenvalue weighted by atomic mass is 10.1. The van der Waals surface area contributed by atoms with Crippen molar-refractivity contribution in [3.05, 3.63) is 51.8 Å². The normalized spacial score (nSPS) is 10.4. The Morgan fingerprint density at radius 2 is 2.06 bits per heavy atom. The molecule has 82 valence electrons. The monoisotopic (exact) mass is 254 g/mol. The Balaban J connectivity index is 2.41. The second kappa shape index (κ2) is 4.28. The zero-order valence-electron chi connectivity index (χ0n) is 8.45. The molecule has 2 aromatic rings. The van der Waals surface area contributed by atoms with Gasteiger partial charge in [0.05, 0.1) is 5.02 Å². The molecule has 0 amide bonds. The fourth-order valence-electron chi connectivity index (χ4n) is 1.35. The highest BCUT2D eigenvalue weighted by Gasteiger charge is 2.15. The van der Waals surface area contributed by atoms with Gasteiger partial charge in [-0.2, -0.15) is 5.10 Å². The minimum atomic E-state index is -0.206. The number of benzene rings is 1. The van der Waals surface area contributed by atoms with Crippen molar-refractivity contribution in [2.75, 3.05) is 0 Å². The van der Waals surface area contributed by atoms with Crippen LogP contribution in [0.25, 0.3) is 0 Å². The number of carbonyl (C=O) groups is 1. The van der Waals surface area contributed by atoms with Gasteiger partial charge in [-0.15, -0.1) is 0 Å². The molecule has 0 saturated heterocycles. The van der Waals surface area contributed by atoms with Crippen LogP contribution in [0.3, 0.4) is 0 Å². The van der Waals surface area contributed by atoms with E-state index in [1.807, 2.05) is 0 Å². The molecule has 0 saturated carbocycles. The minimum Gasteiger partial charge on any atom is -0.287 e. The molecule has 5 heteroatoms. The van der Waals surface area contributed by atoms with E-state index in [0.717, 1.165) is 0 Å². The van der Waals surface area contributed by atoms with Crippen molar-refractivity contribution >= 4 is 29.0 Å². The molecule has 0 atom stereocenters. The first kappa shape index (κ1) is 11.2. The summed E-state index contributed by atoms with van der Waals surface area (Å²) in [4.78, 5) is 12.0. The van der Waals surface area contributed by atoms with Crippen LogP contribution in [-0.2, 0) is 7.05 Å². The van der Waals surface area contributed by atoms with Crippen molar-refractivity contribution in [1.29, 1.82) is 0 Å². The quantitative estimate of drug-likeness (QED) is 0.773. The van der Waals surface area contributed by atoms with Gasteiger partial charge < -0.3 is 0 Å². The summed E-state index contributed by atoms with van der Waals surface area (Å²) in [6.07, 6.45) is 1.71. The van der Waals surface area contributed by atoms with E-state index in [9.17, 15) is 4.79 Å². The van der Waals surface area contributed by atoms with Crippen LogP contribution in [-0.4, -0.2) is 15.6 Å². The first-order valence-corrected chi connectivity index (χ1v) is 5.33. The van der Waals surface area contributed by atoms with Crippen LogP contribution in [0.15, 0.2) is 30.5 Å². The molecule has 0 bridgehead atoms. The first-order valence-electron chi connectivity index (χ1n) is 4.57. The van der Waals surface area contributed by atoms with Gasteiger partial charge in [-0.3, -0.25) is 9.48 Å². The van der Waals surface area contributed by atoms with Gasteiger partial charge >= 0.3 is 0 Å². The number of aryl methyl sites for hydroxylation is 1. The van der Waals surface area contributed by atoms with Crippen molar-refractivity contribution in [2.45, 2.75) is 0 Å². The van der Waals surface area contributed by atoms with E-state index in [1.54, 1.807) is 42.2 Å². The number of carbonyl (C=O) groups excluding carboxylic acids is 1. The van der Waals surface area contributed by atoms with Gasteiger partial charge in [0.2, 0.25) is 5.78 Å². The maximum Gasteiger partial charge on any atom is 0.214 e. The van der Waals surface area contributed by atoms with Crippen LogP contribution in [0.5, 0.6) is 0 Å². The molecule has 0 radical (unpaired) electrons. The molecular formula is C11H8Cl2N2O. The number of ketones is 1. The lowest BCUT2D eigenvalue weighted by molar-refractivity contribution is 0.103. The molecule has 0 N–H and O–H groups in total. The maximum absolute atomic E-state index is 12.0. The van der Waals surface area contributed by atoms with Crippen LogP contribution in [0.2, 0.25) is 10.0 Å². The number of hydrogen-bond acceptors (Lipinski definition) is 2. The van der Waals surface area contributed by atoms with E-state index in [-0.39, 0.29) is 5.78 Å². The molecule has 0 fully saturated rings.